The van der Waals surface area contributed by atoms with Crippen LogP contribution in [0.15, 0.2) is 24.4 Å². The van der Waals surface area contributed by atoms with Crippen LogP contribution < -0.4 is 4.74 Å². The minimum absolute atomic E-state index is 0.228. The maximum absolute atomic E-state index is 11.2. The minimum atomic E-state index is -0.963. The van der Waals surface area contributed by atoms with E-state index in [0.29, 0.717) is 17.9 Å². The van der Waals surface area contributed by atoms with E-state index in [0.717, 1.165) is 11.3 Å². The van der Waals surface area contributed by atoms with Gasteiger partial charge in [0.1, 0.15) is 17.0 Å². The molecule has 2 rings (SSSR count). The van der Waals surface area contributed by atoms with Gasteiger partial charge < -0.3 is 9.84 Å². The summed E-state index contributed by atoms with van der Waals surface area (Å²) in [5.41, 5.74) is 2.59. The number of ether oxygens (including phenoxy) is 1. The molecular formula is C14H16N2O3. The van der Waals surface area contributed by atoms with E-state index in [9.17, 15) is 4.79 Å². The molecule has 19 heavy (non-hydrogen) atoms. The van der Waals surface area contributed by atoms with Crippen LogP contribution in [0.25, 0.3) is 5.69 Å². The van der Waals surface area contributed by atoms with Crippen LogP contribution in [0.5, 0.6) is 5.75 Å². The molecule has 0 aliphatic heterocycles. The maximum atomic E-state index is 11.2. The van der Waals surface area contributed by atoms with Gasteiger partial charge in [-0.15, -0.1) is 0 Å². The molecule has 0 saturated carbocycles. The summed E-state index contributed by atoms with van der Waals surface area (Å²) < 4.78 is 6.85. The molecule has 1 aromatic carbocycles. The highest BCUT2D eigenvalue weighted by atomic mass is 16.5. The Morgan fingerprint density at radius 1 is 1.47 bits per heavy atom. The van der Waals surface area contributed by atoms with E-state index in [1.165, 1.54) is 6.20 Å². The van der Waals surface area contributed by atoms with Crippen LogP contribution in [0.4, 0.5) is 0 Å². The summed E-state index contributed by atoms with van der Waals surface area (Å²) in [5.74, 6) is -0.303. The number of aryl methyl sites for hydroxylation is 2. The quantitative estimate of drug-likeness (QED) is 0.917. The number of carbonyl (C=O) groups is 1. The second kappa shape index (κ2) is 5.14. The second-order valence-corrected chi connectivity index (χ2v) is 4.27. The number of aromatic nitrogens is 2. The Balaban J connectivity index is 2.59. The van der Waals surface area contributed by atoms with Gasteiger partial charge in [-0.1, -0.05) is 13.0 Å². The van der Waals surface area contributed by atoms with E-state index in [1.807, 2.05) is 32.0 Å². The second-order valence-electron chi connectivity index (χ2n) is 4.27. The summed E-state index contributed by atoms with van der Waals surface area (Å²) in [4.78, 5) is 11.2. The Kier molecular flexibility index (Phi) is 3.55. The molecule has 0 aliphatic rings. The van der Waals surface area contributed by atoms with Crippen molar-refractivity contribution < 1.29 is 14.6 Å². The van der Waals surface area contributed by atoms with E-state index < -0.39 is 5.97 Å². The van der Waals surface area contributed by atoms with Crippen molar-refractivity contribution in [3.63, 3.8) is 0 Å². The highest BCUT2D eigenvalue weighted by Crippen LogP contribution is 2.24. The van der Waals surface area contributed by atoms with Gasteiger partial charge in [0, 0.05) is 6.20 Å². The molecule has 100 valence electrons. The van der Waals surface area contributed by atoms with Crippen LogP contribution in [0.2, 0.25) is 0 Å². The first-order valence-electron chi connectivity index (χ1n) is 6.03. The van der Waals surface area contributed by atoms with Crippen molar-refractivity contribution in [2.24, 2.45) is 0 Å². The average Bonchev–Trinajstić information content (AvgIpc) is 2.82. The first-order chi connectivity index (χ1) is 9.06. The Bertz CT molecular complexity index is 617. The number of aromatic carboxylic acids is 1. The van der Waals surface area contributed by atoms with Crippen LogP contribution >= 0.6 is 0 Å². The summed E-state index contributed by atoms with van der Waals surface area (Å²) in [6.45, 7) is 3.85. The number of hydrogen-bond acceptors (Lipinski definition) is 3. The van der Waals surface area contributed by atoms with Crippen LogP contribution in [0.3, 0.4) is 0 Å². The molecule has 0 saturated heterocycles. The van der Waals surface area contributed by atoms with Crippen LogP contribution in [0.1, 0.15) is 28.5 Å². The highest BCUT2D eigenvalue weighted by molar-refractivity contribution is 5.88. The number of nitrogens with zero attached hydrogens (tertiary/aromatic N) is 2. The fourth-order valence-corrected chi connectivity index (χ4v) is 1.95. The third-order valence-corrected chi connectivity index (χ3v) is 2.94. The third kappa shape index (κ3) is 2.45. The molecule has 0 bridgehead atoms. The van der Waals surface area contributed by atoms with E-state index in [2.05, 4.69) is 5.10 Å². The predicted molar refractivity (Wildman–Crippen MR) is 71.2 cm³/mol. The molecule has 5 nitrogen and oxygen atoms in total. The molecule has 1 aromatic heterocycles. The zero-order chi connectivity index (χ0) is 14.0. The lowest BCUT2D eigenvalue weighted by Gasteiger charge is -2.09. The van der Waals surface area contributed by atoms with Crippen LogP contribution in [-0.4, -0.2) is 28.0 Å². The molecule has 0 unspecified atom stereocenters. The van der Waals surface area contributed by atoms with Gasteiger partial charge in [0.25, 0.3) is 0 Å². The minimum Gasteiger partial charge on any atom is -0.494 e. The average molecular weight is 260 g/mol. The SMILES string of the molecule is CCc1nn(-c2cc(C)ccc2OC)cc1C(=O)O. The molecular weight excluding hydrogens is 244 g/mol. The van der Waals surface area contributed by atoms with Crippen molar-refractivity contribution >= 4 is 5.97 Å². The standard InChI is InChI=1S/C14H16N2O3/c1-4-11-10(14(17)18)8-16(15-11)12-7-9(2)5-6-13(12)19-3/h5-8H,4H2,1-3H3,(H,17,18). The zero-order valence-corrected chi connectivity index (χ0v) is 11.2. The largest absolute Gasteiger partial charge is 0.494 e. The van der Waals surface area contributed by atoms with Gasteiger partial charge in [-0.2, -0.15) is 5.10 Å². The topological polar surface area (TPSA) is 64.4 Å². The molecule has 1 N–H and O–H groups in total. The monoisotopic (exact) mass is 260 g/mol. The van der Waals surface area contributed by atoms with Crippen molar-refractivity contribution in [2.75, 3.05) is 7.11 Å². The molecule has 1 heterocycles. The Labute approximate surface area is 111 Å². The normalized spacial score (nSPS) is 10.5. The smallest absolute Gasteiger partial charge is 0.339 e. The van der Waals surface area contributed by atoms with Crippen LogP contribution in [0, 0.1) is 6.92 Å². The van der Waals surface area contributed by atoms with Gasteiger partial charge in [0.15, 0.2) is 0 Å². The molecule has 0 spiro atoms. The highest BCUT2D eigenvalue weighted by Gasteiger charge is 2.16. The van der Waals surface area contributed by atoms with Gasteiger partial charge in [-0.25, -0.2) is 9.48 Å². The molecule has 0 fully saturated rings. The number of hydrogen-bond donors (Lipinski definition) is 1. The van der Waals surface area contributed by atoms with E-state index in [1.54, 1.807) is 11.8 Å². The molecule has 0 radical (unpaired) electrons. The summed E-state index contributed by atoms with van der Waals surface area (Å²) in [7, 11) is 1.58. The van der Waals surface area contributed by atoms with Crippen molar-refractivity contribution in [1.29, 1.82) is 0 Å². The van der Waals surface area contributed by atoms with Crippen molar-refractivity contribution in [1.82, 2.24) is 9.78 Å². The lowest BCUT2D eigenvalue weighted by molar-refractivity contribution is 0.0695. The predicted octanol–water partition coefficient (Wildman–Crippen LogP) is 2.45. The Hall–Kier alpha value is -2.30. The first-order valence-corrected chi connectivity index (χ1v) is 6.03. The fourth-order valence-electron chi connectivity index (χ4n) is 1.95. The number of methoxy groups -OCH3 is 1. The Morgan fingerprint density at radius 2 is 2.21 bits per heavy atom. The van der Waals surface area contributed by atoms with E-state index in [-0.39, 0.29) is 5.56 Å². The van der Waals surface area contributed by atoms with Crippen molar-refractivity contribution in [3.8, 4) is 11.4 Å². The van der Waals surface area contributed by atoms with Crippen LogP contribution in [-0.2, 0) is 6.42 Å². The first kappa shape index (κ1) is 13.1. The van der Waals surface area contributed by atoms with Gasteiger partial charge in [-0.05, 0) is 31.0 Å². The fraction of sp³-hybridized carbons (Fsp3) is 0.286. The summed E-state index contributed by atoms with van der Waals surface area (Å²) in [6, 6.07) is 5.69. The van der Waals surface area contributed by atoms with E-state index >= 15 is 0 Å². The molecule has 2 aromatic rings. The van der Waals surface area contributed by atoms with Crippen molar-refractivity contribution in [3.05, 3.63) is 41.2 Å². The van der Waals surface area contributed by atoms with E-state index in [4.69, 9.17) is 9.84 Å². The summed E-state index contributed by atoms with van der Waals surface area (Å²) in [5, 5.41) is 13.5. The molecule has 0 amide bonds. The maximum Gasteiger partial charge on any atom is 0.339 e. The molecule has 0 atom stereocenters. The number of rotatable bonds is 4. The summed E-state index contributed by atoms with van der Waals surface area (Å²) in [6.07, 6.45) is 2.10. The lowest BCUT2D eigenvalue weighted by Crippen LogP contribution is -1.99. The lowest BCUT2D eigenvalue weighted by atomic mass is 10.2. The number of benzene rings is 1. The Morgan fingerprint density at radius 3 is 2.74 bits per heavy atom. The molecule has 5 heteroatoms. The van der Waals surface area contributed by atoms with Gasteiger partial charge in [0.2, 0.25) is 0 Å². The zero-order valence-electron chi connectivity index (χ0n) is 11.2. The van der Waals surface area contributed by atoms with Gasteiger partial charge in [-0.3, -0.25) is 0 Å². The number of carboxylic acids is 1. The third-order valence-electron chi connectivity index (χ3n) is 2.94. The van der Waals surface area contributed by atoms with Crippen molar-refractivity contribution in [2.45, 2.75) is 20.3 Å². The van der Waals surface area contributed by atoms with Gasteiger partial charge >= 0.3 is 5.97 Å². The van der Waals surface area contributed by atoms with Gasteiger partial charge in [0.05, 0.1) is 12.8 Å². The molecule has 0 aliphatic carbocycles. The summed E-state index contributed by atoms with van der Waals surface area (Å²) >= 11 is 0. The number of carboxylic acid groups (broad SMARTS) is 1.